The normalized spacial score (nSPS) is 17.0. The van der Waals surface area contributed by atoms with Crippen LogP contribution in [0.4, 0.5) is 5.69 Å². The number of halogens is 1. The molecule has 0 saturated heterocycles. The van der Waals surface area contributed by atoms with Crippen LogP contribution < -0.4 is 5.32 Å². The van der Waals surface area contributed by atoms with E-state index in [0.717, 1.165) is 19.4 Å². The van der Waals surface area contributed by atoms with Crippen molar-refractivity contribution in [1.82, 2.24) is 4.90 Å². The summed E-state index contributed by atoms with van der Waals surface area (Å²) in [5, 5.41) is 3.67. The Morgan fingerprint density at radius 2 is 1.90 bits per heavy atom. The van der Waals surface area contributed by atoms with Gasteiger partial charge in [-0.25, -0.2) is 0 Å². The maximum absolute atomic E-state index is 3.67. The predicted molar refractivity (Wildman–Crippen MR) is 92.7 cm³/mol. The van der Waals surface area contributed by atoms with Gasteiger partial charge < -0.3 is 10.2 Å². The van der Waals surface area contributed by atoms with Crippen molar-refractivity contribution in [2.75, 3.05) is 19.4 Å². The fourth-order valence-electron chi connectivity index (χ4n) is 3.03. The summed E-state index contributed by atoms with van der Waals surface area (Å²) in [7, 11) is 4.19. The highest BCUT2D eigenvalue weighted by Crippen LogP contribution is 2.37. The summed E-state index contributed by atoms with van der Waals surface area (Å²) in [6.45, 7) is 0.986. The predicted octanol–water partition coefficient (Wildman–Crippen LogP) is 4.61. The van der Waals surface area contributed by atoms with Gasteiger partial charge in [0, 0.05) is 16.7 Å². The highest BCUT2D eigenvalue weighted by atomic mass is 79.9. The van der Waals surface area contributed by atoms with E-state index in [4.69, 9.17) is 0 Å². The number of rotatable bonds is 4. The van der Waals surface area contributed by atoms with Crippen LogP contribution in [-0.4, -0.2) is 19.0 Å². The summed E-state index contributed by atoms with van der Waals surface area (Å²) in [5.41, 5.74) is 5.44. The SMILES string of the molecule is CN(C)Cc1ccc(NC2CCc3c(Br)cccc32)cc1. The molecule has 2 aromatic rings. The molecule has 1 aliphatic carbocycles. The Balaban J connectivity index is 1.73. The second kappa shape index (κ2) is 6.20. The number of nitrogens with zero attached hydrogens (tertiary/aromatic N) is 1. The Morgan fingerprint density at radius 1 is 1.14 bits per heavy atom. The second-order valence-electron chi connectivity index (χ2n) is 5.98. The van der Waals surface area contributed by atoms with Crippen LogP contribution in [0.5, 0.6) is 0 Å². The monoisotopic (exact) mass is 344 g/mol. The molecule has 0 aromatic heterocycles. The fraction of sp³-hybridized carbons (Fsp3) is 0.333. The van der Waals surface area contributed by atoms with Crippen molar-refractivity contribution in [1.29, 1.82) is 0 Å². The van der Waals surface area contributed by atoms with Gasteiger partial charge in [-0.2, -0.15) is 0 Å². The van der Waals surface area contributed by atoms with E-state index >= 15 is 0 Å². The van der Waals surface area contributed by atoms with E-state index in [1.54, 1.807) is 0 Å². The lowest BCUT2D eigenvalue weighted by Crippen LogP contribution is -2.11. The van der Waals surface area contributed by atoms with E-state index in [1.807, 2.05) is 0 Å². The average molecular weight is 345 g/mol. The maximum atomic E-state index is 3.67. The lowest BCUT2D eigenvalue weighted by molar-refractivity contribution is 0.402. The van der Waals surface area contributed by atoms with Crippen molar-refractivity contribution < 1.29 is 0 Å². The molecule has 2 nitrogen and oxygen atoms in total. The van der Waals surface area contributed by atoms with Crippen LogP contribution in [0.3, 0.4) is 0 Å². The van der Waals surface area contributed by atoms with E-state index in [9.17, 15) is 0 Å². The largest absolute Gasteiger partial charge is 0.378 e. The molecule has 1 unspecified atom stereocenters. The minimum absolute atomic E-state index is 0.428. The molecule has 0 heterocycles. The standard InChI is InChI=1S/C18H21BrN2/c1-21(2)12-13-6-8-14(9-7-13)20-18-11-10-15-16(18)4-3-5-17(15)19/h3-9,18,20H,10-12H2,1-2H3. The Kier molecular flexibility index (Phi) is 4.32. The zero-order chi connectivity index (χ0) is 14.8. The van der Waals surface area contributed by atoms with Gasteiger partial charge in [0.25, 0.3) is 0 Å². The van der Waals surface area contributed by atoms with Gasteiger partial charge in [0.2, 0.25) is 0 Å². The van der Waals surface area contributed by atoms with Gasteiger partial charge in [-0.3, -0.25) is 0 Å². The Hall–Kier alpha value is -1.32. The second-order valence-corrected chi connectivity index (χ2v) is 6.83. The first-order valence-corrected chi connectivity index (χ1v) is 8.20. The summed E-state index contributed by atoms with van der Waals surface area (Å²) in [6.07, 6.45) is 2.31. The maximum Gasteiger partial charge on any atom is 0.0520 e. The number of benzene rings is 2. The van der Waals surface area contributed by atoms with Crippen LogP contribution >= 0.6 is 15.9 Å². The molecule has 0 radical (unpaired) electrons. The van der Waals surface area contributed by atoms with Crippen molar-refractivity contribution in [2.45, 2.75) is 25.4 Å². The quantitative estimate of drug-likeness (QED) is 0.871. The lowest BCUT2D eigenvalue weighted by Gasteiger charge is -2.16. The summed E-state index contributed by atoms with van der Waals surface area (Å²) in [4.78, 5) is 2.19. The van der Waals surface area contributed by atoms with E-state index in [2.05, 4.69) is 82.7 Å². The van der Waals surface area contributed by atoms with Gasteiger partial charge in [0.1, 0.15) is 0 Å². The van der Waals surface area contributed by atoms with Gasteiger partial charge >= 0.3 is 0 Å². The van der Waals surface area contributed by atoms with E-state index < -0.39 is 0 Å². The molecule has 0 spiro atoms. The topological polar surface area (TPSA) is 15.3 Å². The van der Waals surface area contributed by atoms with Crippen molar-refractivity contribution >= 4 is 21.6 Å². The highest BCUT2D eigenvalue weighted by Gasteiger charge is 2.23. The molecule has 0 fully saturated rings. The van der Waals surface area contributed by atoms with Crippen LogP contribution in [0.15, 0.2) is 46.9 Å². The smallest absolute Gasteiger partial charge is 0.0520 e. The van der Waals surface area contributed by atoms with Gasteiger partial charge in [-0.1, -0.05) is 40.2 Å². The molecule has 0 bridgehead atoms. The molecular weight excluding hydrogens is 324 g/mol. The van der Waals surface area contributed by atoms with Crippen LogP contribution in [0, 0.1) is 0 Å². The minimum atomic E-state index is 0.428. The third kappa shape index (κ3) is 3.30. The van der Waals surface area contributed by atoms with Crippen LogP contribution in [-0.2, 0) is 13.0 Å². The van der Waals surface area contributed by atoms with Crippen molar-refractivity contribution in [3.05, 3.63) is 63.6 Å². The molecule has 21 heavy (non-hydrogen) atoms. The van der Waals surface area contributed by atoms with Crippen LogP contribution in [0.2, 0.25) is 0 Å². The first-order chi connectivity index (χ1) is 10.1. The zero-order valence-electron chi connectivity index (χ0n) is 12.6. The minimum Gasteiger partial charge on any atom is -0.378 e. The Bertz CT molecular complexity index is 620. The molecule has 0 saturated carbocycles. The van der Waals surface area contributed by atoms with E-state index in [1.165, 1.54) is 26.9 Å². The summed E-state index contributed by atoms with van der Waals surface area (Å²) >= 11 is 3.66. The van der Waals surface area contributed by atoms with Gasteiger partial charge in [0.15, 0.2) is 0 Å². The Morgan fingerprint density at radius 3 is 2.62 bits per heavy atom. The Labute approximate surface area is 135 Å². The van der Waals surface area contributed by atoms with Gasteiger partial charge in [-0.05, 0) is 61.8 Å². The third-order valence-electron chi connectivity index (χ3n) is 4.01. The molecule has 2 aromatic carbocycles. The van der Waals surface area contributed by atoms with E-state index in [-0.39, 0.29) is 0 Å². The van der Waals surface area contributed by atoms with Gasteiger partial charge in [-0.15, -0.1) is 0 Å². The molecule has 0 aliphatic heterocycles. The molecular formula is C18H21BrN2. The first-order valence-electron chi connectivity index (χ1n) is 7.41. The summed E-state index contributed by atoms with van der Waals surface area (Å²) < 4.78 is 1.24. The van der Waals surface area contributed by atoms with Crippen molar-refractivity contribution in [3.63, 3.8) is 0 Å². The fourth-order valence-corrected chi connectivity index (χ4v) is 3.61. The van der Waals surface area contributed by atoms with Crippen LogP contribution in [0.25, 0.3) is 0 Å². The lowest BCUT2D eigenvalue weighted by atomic mass is 10.1. The number of nitrogens with one attached hydrogen (secondary N) is 1. The molecule has 0 amide bonds. The van der Waals surface area contributed by atoms with E-state index in [0.29, 0.717) is 6.04 Å². The number of hydrogen-bond donors (Lipinski definition) is 1. The number of fused-ring (bicyclic) bond motifs is 1. The van der Waals surface area contributed by atoms with Crippen molar-refractivity contribution in [2.24, 2.45) is 0 Å². The molecule has 110 valence electrons. The van der Waals surface area contributed by atoms with Gasteiger partial charge in [0.05, 0.1) is 6.04 Å². The summed E-state index contributed by atoms with van der Waals surface area (Å²) in [6, 6.07) is 15.7. The third-order valence-corrected chi connectivity index (χ3v) is 4.75. The number of hydrogen-bond acceptors (Lipinski definition) is 2. The molecule has 3 heteroatoms. The average Bonchev–Trinajstić information content (AvgIpc) is 2.85. The molecule has 3 rings (SSSR count). The molecule has 1 N–H and O–H groups in total. The summed E-state index contributed by atoms with van der Waals surface area (Å²) in [5.74, 6) is 0. The highest BCUT2D eigenvalue weighted by molar-refractivity contribution is 9.10. The first kappa shape index (κ1) is 14.6. The zero-order valence-corrected chi connectivity index (χ0v) is 14.2. The molecule has 1 aliphatic rings. The van der Waals surface area contributed by atoms with Crippen molar-refractivity contribution in [3.8, 4) is 0 Å². The van der Waals surface area contributed by atoms with Crippen LogP contribution in [0.1, 0.15) is 29.2 Å². The number of anilines is 1. The molecule has 1 atom stereocenters.